The molecule has 162 valence electrons. The fourth-order valence-corrected chi connectivity index (χ4v) is 3.77. The number of hydrogen-bond acceptors (Lipinski definition) is 7. The van der Waals surface area contributed by atoms with Crippen LogP contribution in [0.2, 0.25) is 0 Å². The molecule has 2 aliphatic rings. The van der Waals surface area contributed by atoms with Crippen LogP contribution in [0.5, 0.6) is 0 Å². The third kappa shape index (κ3) is 6.03. The summed E-state index contributed by atoms with van der Waals surface area (Å²) in [6.07, 6.45) is 2.76. The number of hydrogen-bond donors (Lipinski definition) is 3. The van der Waals surface area contributed by atoms with Crippen LogP contribution >= 0.6 is 0 Å². The maximum atomic E-state index is 12.6. The van der Waals surface area contributed by atoms with E-state index in [2.05, 4.69) is 15.4 Å². The highest BCUT2D eigenvalue weighted by Crippen LogP contribution is 2.20. The molecule has 1 aromatic rings. The number of amidine groups is 1. The predicted molar refractivity (Wildman–Crippen MR) is 112 cm³/mol. The average Bonchev–Trinajstić information content (AvgIpc) is 3.40. The summed E-state index contributed by atoms with van der Waals surface area (Å²) < 4.78 is 4.77. The molecule has 1 unspecified atom stereocenters. The monoisotopic (exact) mass is 415 g/mol. The van der Waals surface area contributed by atoms with Gasteiger partial charge in [0.1, 0.15) is 11.9 Å². The van der Waals surface area contributed by atoms with Crippen LogP contribution in [-0.4, -0.2) is 67.2 Å². The van der Waals surface area contributed by atoms with E-state index < -0.39 is 0 Å². The fraction of sp³-hybridized carbons (Fsp3) is 0.524. The van der Waals surface area contributed by atoms with Crippen molar-refractivity contribution in [2.24, 2.45) is 10.9 Å². The van der Waals surface area contributed by atoms with Gasteiger partial charge in [-0.25, -0.2) is 0 Å². The molecule has 0 spiro atoms. The topological polar surface area (TPSA) is 130 Å². The van der Waals surface area contributed by atoms with E-state index in [1.165, 1.54) is 7.11 Å². The number of benzene rings is 1. The molecule has 2 atom stereocenters. The van der Waals surface area contributed by atoms with Crippen molar-refractivity contribution in [3.63, 3.8) is 0 Å². The number of rotatable bonds is 9. The number of nitrogen functional groups attached to an aromatic ring is 1. The molecule has 9 heteroatoms. The van der Waals surface area contributed by atoms with Crippen molar-refractivity contribution in [2.45, 2.75) is 44.2 Å². The van der Waals surface area contributed by atoms with Crippen LogP contribution in [0.1, 0.15) is 43.2 Å². The van der Waals surface area contributed by atoms with Gasteiger partial charge in [-0.2, -0.15) is 0 Å². The van der Waals surface area contributed by atoms with Gasteiger partial charge in [0.2, 0.25) is 5.91 Å². The lowest BCUT2D eigenvalue weighted by Gasteiger charge is -2.24. The summed E-state index contributed by atoms with van der Waals surface area (Å²) in [5.74, 6) is -0.496. The molecule has 1 saturated heterocycles. The predicted octanol–water partition coefficient (Wildman–Crippen LogP) is 0.997. The van der Waals surface area contributed by atoms with E-state index in [0.29, 0.717) is 18.5 Å². The Labute approximate surface area is 176 Å². The number of oxime groups is 1. The Morgan fingerprint density at radius 2 is 2.03 bits per heavy atom. The zero-order valence-electron chi connectivity index (χ0n) is 17.2. The fourth-order valence-electron chi connectivity index (χ4n) is 3.77. The highest BCUT2D eigenvalue weighted by molar-refractivity contribution is 6.02. The van der Waals surface area contributed by atoms with Gasteiger partial charge < -0.3 is 25.5 Å². The van der Waals surface area contributed by atoms with Gasteiger partial charge in [0.25, 0.3) is 0 Å². The summed E-state index contributed by atoms with van der Waals surface area (Å²) in [5, 5.41) is 14.5. The summed E-state index contributed by atoms with van der Waals surface area (Å²) in [4.78, 5) is 32.0. The number of esters is 1. The summed E-state index contributed by atoms with van der Waals surface area (Å²) in [7, 11) is 1.35. The summed E-state index contributed by atoms with van der Waals surface area (Å²) >= 11 is 0. The molecule has 0 bridgehead atoms. The van der Waals surface area contributed by atoms with Crippen LogP contribution in [0.25, 0.3) is 0 Å². The molecule has 2 heterocycles. The molecule has 3 rings (SSSR count). The van der Waals surface area contributed by atoms with Crippen LogP contribution in [0.15, 0.2) is 29.4 Å². The zero-order valence-corrected chi connectivity index (χ0v) is 17.2. The van der Waals surface area contributed by atoms with E-state index in [9.17, 15) is 9.59 Å². The smallest absolute Gasteiger partial charge is 0.307 e. The van der Waals surface area contributed by atoms with Gasteiger partial charge in [-0.05, 0) is 31.5 Å². The number of nitrogens with one attached hydrogen (secondary N) is 2. The van der Waals surface area contributed by atoms with Crippen LogP contribution in [0.4, 0.5) is 0 Å². The van der Waals surface area contributed by atoms with Crippen LogP contribution in [-0.2, 0) is 19.2 Å². The maximum absolute atomic E-state index is 12.6. The third-order valence-corrected chi connectivity index (χ3v) is 5.36. The van der Waals surface area contributed by atoms with Gasteiger partial charge in [-0.15, -0.1) is 0 Å². The molecule has 1 aromatic carbocycles. The molecule has 2 aliphatic heterocycles. The van der Waals surface area contributed by atoms with E-state index in [4.69, 9.17) is 20.7 Å². The Bertz CT molecular complexity index is 802. The first-order chi connectivity index (χ1) is 14.4. The first-order valence-electron chi connectivity index (χ1n) is 10.2. The molecule has 1 fully saturated rings. The van der Waals surface area contributed by atoms with Gasteiger partial charge >= 0.3 is 5.97 Å². The minimum Gasteiger partial charge on any atom is -0.469 e. The molecule has 0 radical (unpaired) electrons. The van der Waals surface area contributed by atoms with E-state index in [1.807, 2.05) is 12.1 Å². The number of nitrogens with zero attached hydrogens (tertiary/aromatic N) is 2. The number of nitrogens with two attached hydrogens (primary N) is 1. The highest BCUT2D eigenvalue weighted by Gasteiger charge is 2.27. The molecule has 0 aliphatic carbocycles. The van der Waals surface area contributed by atoms with Gasteiger partial charge in [-0.1, -0.05) is 29.4 Å². The number of ether oxygens (including phenoxy) is 1. The number of carbonyl (C=O) groups is 2. The molecular weight excluding hydrogens is 386 g/mol. The van der Waals surface area contributed by atoms with Crippen molar-refractivity contribution in [3.05, 3.63) is 35.4 Å². The Morgan fingerprint density at radius 3 is 2.67 bits per heavy atom. The van der Waals surface area contributed by atoms with E-state index in [0.717, 1.165) is 37.2 Å². The van der Waals surface area contributed by atoms with E-state index in [1.54, 1.807) is 12.1 Å². The first kappa shape index (κ1) is 21.8. The zero-order chi connectivity index (χ0) is 21.5. The van der Waals surface area contributed by atoms with E-state index >= 15 is 0 Å². The normalized spacial score (nSPS) is 19.6. The lowest BCUT2D eigenvalue weighted by Crippen LogP contribution is -2.45. The van der Waals surface area contributed by atoms with Crippen molar-refractivity contribution in [2.75, 3.05) is 26.7 Å². The largest absolute Gasteiger partial charge is 0.469 e. The van der Waals surface area contributed by atoms with E-state index in [-0.39, 0.29) is 42.7 Å². The summed E-state index contributed by atoms with van der Waals surface area (Å²) in [5.41, 5.74) is 7.75. The Kier molecular flexibility index (Phi) is 7.40. The van der Waals surface area contributed by atoms with Crippen molar-refractivity contribution in [1.82, 2.24) is 10.2 Å². The van der Waals surface area contributed by atoms with Crippen molar-refractivity contribution >= 4 is 23.4 Å². The summed E-state index contributed by atoms with van der Waals surface area (Å²) in [6.45, 7) is 2.61. The highest BCUT2D eigenvalue weighted by atomic mass is 16.6. The van der Waals surface area contributed by atoms with Crippen LogP contribution < -0.4 is 11.1 Å². The van der Waals surface area contributed by atoms with Crippen molar-refractivity contribution < 1.29 is 19.2 Å². The first-order valence-corrected chi connectivity index (χ1v) is 10.2. The molecule has 4 N–H and O–H groups in total. The second kappa shape index (κ2) is 10.2. The van der Waals surface area contributed by atoms with Crippen molar-refractivity contribution in [3.8, 4) is 0 Å². The maximum Gasteiger partial charge on any atom is 0.307 e. The second-order valence-corrected chi connectivity index (χ2v) is 7.72. The second-order valence-electron chi connectivity index (χ2n) is 7.72. The van der Waals surface area contributed by atoms with Gasteiger partial charge in [0.05, 0.1) is 31.7 Å². The lowest BCUT2D eigenvalue weighted by molar-refractivity contribution is -0.141. The van der Waals surface area contributed by atoms with Crippen molar-refractivity contribution in [1.29, 1.82) is 5.41 Å². The van der Waals surface area contributed by atoms with Gasteiger partial charge in [0, 0.05) is 18.5 Å². The minimum atomic E-state index is -0.349. The standard InChI is InChI=1S/C21H29N5O4/c1-29-20(28)10-16(13-26-8-2-3-9-26)24-19(27)12-17-11-18(25-30-17)14-4-6-15(7-5-14)21(22)23/h4-7,16-17H,2-3,8-13H2,1H3,(H3,22,23)(H,24,27)/t16-,17?/m0/s1. The molecular formula is C21H29N5O4. The number of methoxy groups -OCH3 is 1. The summed E-state index contributed by atoms with van der Waals surface area (Å²) in [6, 6.07) is 6.91. The Morgan fingerprint density at radius 1 is 1.33 bits per heavy atom. The molecule has 9 nitrogen and oxygen atoms in total. The molecule has 1 amide bonds. The van der Waals surface area contributed by atoms with Gasteiger partial charge in [0.15, 0.2) is 0 Å². The minimum absolute atomic E-state index is 0.0103. The van der Waals surface area contributed by atoms with Crippen LogP contribution in [0.3, 0.4) is 0 Å². The number of carbonyl (C=O) groups excluding carboxylic acids is 2. The number of amides is 1. The van der Waals surface area contributed by atoms with Gasteiger partial charge in [-0.3, -0.25) is 15.0 Å². The number of likely N-dealkylation sites (tertiary alicyclic amines) is 1. The lowest BCUT2D eigenvalue weighted by atomic mass is 10.0. The molecule has 30 heavy (non-hydrogen) atoms. The Balaban J connectivity index is 1.50. The Hall–Kier alpha value is -2.94. The quantitative estimate of drug-likeness (QED) is 0.313. The SMILES string of the molecule is COC(=O)C[C@@H](CN1CCCC1)NC(=O)CC1CC(c2ccc(C(=N)N)cc2)=NO1. The molecule has 0 saturated carbocycles. The van der Waals surface area contributed by atoms with Crippen LogP contribution in [0, 0.1) is 5.41 Å². The average molecular weight is 415 g/mol. The third-order valence-electron chi connectivity index (χ3n) is 5.36. The molecule has 0 aromatic heterocycles.